The second-order valence-corrected chi connectivity index (χ2v) is 6.82. The molecule has 2 aliphatic rings. The van der Waals surface area contributed by atoms with E-state index in [1.807, 2.05) is 0 Å². The fraction of sp³-hybridized carbons (Fsp3) is 0.412. The smallest absolute Gasteiger partial charge is 0.322 e. The van der Waals surface area contributed by atoms with E-state index in [9.17, 15) is 18.9 Å². The third-order valence-electron chi connectivity index (χ3n) is 4.98. The number of anilines is 1. The van der Waals surface area contributed by atoms with Gasteiger partial charge in [-0.3, -0.25) is 9.59 Å². The SMILES string of the molecule is NC1CCN(c2c(F)cc3c(=O)c(C(=O)N=O)cn(C4CC4)c3c2F)C1. The van der Waals surface area contributed by atoms with Crippen molar-refractivity contribution in [3.05, 3.63) is 44.6 Å². The normalized spacial score (nSPS) is 20.0. The lowest BCUT2D eigenvalue weighted by molar-refractivity contribution is 0.0999. The summed E-state index contributed by atoms with van der Waals surface area (Å²) in [7, 11) is 0. The molecule has 1 amide bonds. The number of carbonyl (C=O) groups excluding carboxylic acids is 1. The zero-order valence-corrected chi connectivity index (χ0v) is 13.7. The molecule has 9 heteroatoms. The number of fused-ring (bicyclic) bond motifs is 1. The minimum absolute atomic E-state index is 0.0585. The Morgan fingerprint density at radius 3 is 2.58 bits per heavy atom. The largest absolute Gasteiger partial charge is 0.365 e. The standard InChI is InChI=1S/C17H16F2N4O3/c18-12-5-10-14(13(19)15(12)22-4-3-8(20)6-22)23(9-1-2-9)7-11(16(10)24)17(25)21-26/h5,7-9H,1-4,6,20H2. The molecule has 1 aromatic carbocycles. The molecule has 1 saturated carbocycles. The number of amides is 1. The van der Waals surface area contributed by atoms with Gasteiger partial charge in [-0.25, -0.2) is 8.78 Å². The molecular formula is C17H16F2N4O3. The molecule has 1 aromatic heterocycles. The number of rotatable bonds is 3. The monoisotopic (exact) mass is 362 g/mol. The zero-order valence-electron chi connectivity index (χ0n) is 13.7. The van der Waals surface area contributed by atoms with Crippen molar-refractivity contribution in [2.75, 3.05) is 18.0 Å². The summed E-state index contributed by atoms with van der Waals surface area (Å²) in [6, 6.07) is 0.652. The number of carbonyl (C=O) groups is 1. The predicted octanol–water partition coefficient (Wildman–Crippen LogP) is 2.06. The highest BCUT2D eigenvalue weighted by molar-refractivity contribution is 5.98. The number of pyridine rings is 1. The molecular weight excluding hydrogens is 346 g/mol. The van der Waals surface area contributed by atoms with Crippen LogP contribution in [0.2, 0.25) is 0 Å². The fourth-order valence-electron chi connectivity index (χ4n) is 3.55. The van der Waals surface area contributed by atoms with Crippen LogP contribution in [0.4, 0.5) is 14.5 Å². The lowest BCUT2D eigenvalue weighted by Gasteiger charge is -2.22. The molecule has 2 aromatic rings. The molecule has 0 radical (unpaired) electrons. The molecule has 1 atom stereocenters. The number of nitrogens with two attached hydrogens (primary N) is 1. The first-order valence-electron chi connectivity index (χ1n) is 8.37. The van der Waals surface area contributed by atoms with Gasteiger partial charge in [0.2, 0.25) is 5.43 Å². The van der Waals surface area contributed by atoms with E-state index in [0.717, 1.165) is 25.1 Å². The summed E-state index contributed by atoms with van der Waals surface area (Å²) < 4.78 is 31.4. The lowest BCUT2D eigenvalue weighted by atomic mass is 10.1. The van der Waals surface area contributed by atoms with Crippen LogP contribution < -0.4 is 16.1 Å². The number of halogens is 2. The zero-order chi connectivity index (χ0) is 18.6. The third kappa shape index (κ3) is 2.50. The molecule has 0 spiro atoms. The van der Waals surface area contributed by atoms with Crippen molar-refractivity contribution in [3.8, 4) is 0 Å². The van der Waals surface area contributed by atoms with Crippen molar-refractivity contribution in [2.45, 2.75) is 31.3 Å². The van der Waals surface area contributed by atoms with E-state index >= 15 is 4.39 Å². The highest BCUT2D eigenvalue weighted by Crippen LogP contribution is 2.40. The number of nitroso groups, excluding NO2 is 1. The average Bonchev–Trinajstić information content (AvgIpc) is 3.37. The quantitative estimate of drug-likeness (QED) is 0.843. The molecule has 1 aliphatic carbocycles. The molecule has 1 saturated heterocycles. The molecule has 0 bridgehead atoms. The van der Waals surface area contributed by atoms with Crippen molar-refractivity contribution >= 4 is 22.5 Å². The van der Waals surface area contributed by atoms with E-state index in [2.05, 4.69) is 5.18 Å². The topological polar surface area (TPSA) is 97.8 Å². The number of hydrogen-bond donors (Lipinski definition) is 1. The van der Waals surface area contributed by atoms with Crippen LogP contribution in [0.5, 0.6) is 0 Å². The van der Waals surface area contributed by atoms with Crippen LogP contribution in [0.3, 0.4) is 0 Å². The van der Waals surface area contributed by atoms with Crippen molar-refractivity contribution in [2.24, 2.45) is 10.9 Å². The van der Waals surface area contributed by atoms with Gasteiger partial charge in [-0.2, -0.15) is 0 Å². The van der Waals surface area contributed by atoms with Crippen LogP contribution in [0.15, 0.2) is 22.2 Å². The van der Waals surface area contributed by atoms with E-state index in [-0.39, 0.29) is 28.7 Å². The van der Waals surface area contributed by atoms with Gasteiger partial charge in [0.25, 0.3) is 0 Å². The first-order chi connectivity index (χ1) is 12.4. The van der Waals surface area contributed by atoms with Crippen LogP contribution in [0, 0.1) is 16.5 Å². The fourth-order valence-corrected chi connectivity index (χ4v) is 3.55. The van der Waals surface area contributed by atoms with E-state index in [1.165, 1.54) is 9.47 Å². The highest BCUT2D eigenvalue weighted by Gasteiger charge is 2.32. The van der Waals surface area contributed by atoms with Crippen LogP contribution in [-0.4, -0.2) is 29.6 Å². The van der Waals surface area contributed by atoms with E-state index in [0.29, 0.717) is 19.5 Å². The summed E-state index contributed by atoms with van der Waals surface area (Å²) >= 11 is 0. The van der Waals surface area contributed by atoms with Crippen LogP contribution in [0.25, 0.3) is 10.9 Å². The Balaban J connectivity index is 2.02. The van der Waals surface area contributed by atoms with E-state index in [1.54, 1.807) is 0 Å². The summed E-state index contributed by atoms with van der Waals surface area (Å²) in [6.45, 7) is 0.735. The minimum atomic E-state index is -1.25. The van der Waals surface area contributed by atoms with Crippen molar-refractivity contribution in [1.29, 1.82) is 0 Å². The van der Waals surface area contributed by atoms with Gasteiger partial charge in [0, 0.05) is 36.5 Å². The number of benzene rings is 1. The van der Waals surface area contributed by atoms with Gasteiger partial charge in [0.05, 0.1) is 10.9 Å². The Hall–Kier alpha value is -2.68. The summed E-state index contributed by atoms with van der Waals surface area (Å²) in [5, 5.41) is 2.00. The summed E-state index contributed by atoms with van der Waals surface area (Å²) in [4.78, 5) is 36.3. The molecule has 136 valence electrons. The second-order valence-electron chi connectivity index (χ2n) is 6.82. The maximum absolute atomic E-state index is 15.3. The first kappa shape index (κ1) is 16.8. The molecule has 2 heterocycles. The van der Waals surface area contributed by atoms with E-state index in [4.69, 9.17) is 5.73 Å². The van der Waals surface area contributed by atoms with Gasteiger partial charge in [0.1, 0.15) is 17.1 Å². The Kier molecular flexibility index (Phi) is 3.83. The Morgan fingerprint density at radius 2 is 2.00 bits per heavy atom. The summed E-state index contributed by atoms with van der Waals surface area (Å²) in [6.07, 6.45) is 3.25. The van der Waals surface area contributed by atoms with Gasteiger partial charge >= 0.3 is 5.91 Å². The molecule has 2 fully saturated rings. The summed E-state index contributed by atoms with van der Waals surface area (Å²) in [5.74, 6) is -3.00. The minimum Gasteiger partial charge on any atom is -0.365 e. The van der Waals surface area contributed by atoms with Crippen molar-refractivity contribution < 1.29 is 13.6 Å². The van der Waals surface area contributed by atoms with Gasteiger partial charge < -0.3 is 15.2 Å². The van der Waals surface area contributed by atoms with Gasteiger partial charge in [-0.15, -0.1) is 4.91 Å². The third-order valence-corrected chi connectivity index (χ3v) is 4.98. The molecule has 4 rings (SSSR count). The predicted molar refractivity (Wildman–Crippen MR) is 91.3 cm³/mol. The van der Waals surface area contributed by atoms with E-state index < -0.39 is 28.5 Å². The first-order valence-corrected chi connectivity index (χ1v) is 8.37. The molecule has 26 heavy (non-hydrogen) atoms. The number of aromatic nitrogens is 1. The lowest BCUT2D eigenvalue weighted by Crippen LogP contribution is -2.28. The maximum Gasteiger partial charge on any atom is 0.322 e. The maximum atomic E-state index is 15.3. The van der Waals surface area contributed by atoms with Gasteiger partial charge in [0.15, 0.2) is 5.82 Å². The van der Waals surface area contributed by atoms with Gasteiger partial charge in [-0.05, 0) is 25.3 Å². The molecule has 2 N–H and O–H groups in total. The van der Waals surface area contributed by atoms with Crippen LogP contribution in [-0.2, 0) is 0 Å². The second kappa shape index (κ2) is 5.94. The molecule has 1 aliphatic heterocycles. The van der Waals surface area contributed by atoms with Gasteiger partial charge in [-0.1, -0.05) is 0 Å². The van der Waals surface area contributed by atoms with Crippen molar-refractivity contribution in [1.82, 2.24) is 4.57 Å². The Bertz CT molecular complexity index is 1000. The van der Waals surface area contributed by atoms with Crippen LogP contribution in [0.1, 0.15) is 35.7 Å². The number of nitrogens with zero attached hydrogens (tertiary/aromatic N) is 3. The molecule has 1 unspecified atom stereocenters. The Morgan fingerprint density at radius 1 is 1.27 bits per heavy atom. The van der Waals surface area contributed by atoms with Crippen molar-refractivity contribution in [3.63, 3.8) is 0 Å². The Labute approximate surface area is 146 Å². The average molecular weight is 362 g/mol. The number of hydrogen-bond acceptors (Lipinski definition) is 5. The van der Waals surface area contributed by atoms with Crippen LogP contribution >= 0.6 is 0 Å². The molecule has 7 nitrogen and oxygen atoms in total. The summed E-state index contributed by atoms with van der Waals surface area (Å²) in [5.41, 5.74) is 4.19. The highest BCUT2D eigenvalue weighted by atomic mass is 19.1.